The van der Waals surface area contributed by atoms with Gasteiger partial charge in [0.1, 0.15) is 0 Å². The van der Waals surface area contributed by atoms with Gasteiger partial charge in [-0.25, -0.2) is 0 Å². The maximum Gasteiger partial charge on any atom is 0.274 e. The highest BCUT2D eigenvalue weighted by Crippen LogP contribution is 2.27. The van der Waals surface area contributed by atoms with Gasteiger partial charge in [0, 0.05) is 56.9 Å². The van der Waals surface area contributed by atoms with Crippen molar-refractivity contribution in [1.29, 1.82) is 0 Å². The van der Waals surface area contributed by atoms with Crippen molar-refractivity contribution in [2.24, 2.45) is 13.0 Å². The van der Waals surface area contributed by atoms with Crippen LogP contribution in [0, 0.1) is 12.8 Å². The molecule has 1 aromatic carbocycles. The molecular weight excluding hydrogens is 430 g/mol. The number of aromatic nitrogens is 2. The second-order valence-corrected chi connectivity index (χ2v) is 10.0. The Labute approximate surface area is 200 Å². The molecule has 1 aliphatic carbocycles. The Morgan fingerprint density at radius 3 is 2.71 bits per heavy atom. The fraction of sp³-hybridized carbons (Fsp3) is 0.538. The number of carbonyl (C=O) groups is 3. The van der Waals surface area contributed by atoms with Crippen LogP contribution in [0.5, 0.6) is 0 Å². The van der Waals surface area contributed by atoms with Gasteiger partial charge < -0.3 is 15.1 Å². The zero-order valence-corrected chi connectivity index (χ0v) is 20.0. The van der Waals surface area contributed by atoms with Crippen LogP contribution in [-0.2, 0) is 36.0 Å². The van der Waals surface area contributed by atoms with E-state index in [1.54, 1.807) is 9.58 Å². The van der Waals surface area contributed by atoms with E-state index in [0.717, 1.165) is 48.1 Å². The second kappa shape index (κ2) is 9.24. The predicted molar refractivity (Wildman–Crippen MR) is 127 cm³/mol. The maximum absolute atomic E-state index is 13.5. The van der Waals surface area contributed by atoms with Crippen molar-refractivity contribution in [3.8, 4) is 0 Å². The van der Waals surface area contributed by atoms with Gasteiger partial charge in [0.15, 0.2) is 5.69 Å². The molecule has 3 aliphatic rings. The quantitative estimate of drug-likeness (QED) is 0.735. The molecule has 5 rings (SSSR count). The van der Waals surface area contributed by atoms with E-state index >= 15 is 0 Å². The van der Waals surface area contributed by atoms with Gasteiger partial charge in [-0.2, -0.15) is 5.10 Å². The van der Waals surface area contributed by atoms with Gasteiger partial charge >= 0.3 is 0 Å². The number of piperidine rings is 1. The van der Waals surface area contributed by atoms with Gasteiger partial charge in [0.2, 0.25) is 11.8 Å². The number of benzene rings is 1. The molecule has 1 unspecified atom stereocenters. The maximum atomic E-state index is 13.5. The minimum atomic E-state index is -0.162. The van der Waals surface area contributed by atoms with Crippen LogP contribution in [-0.4, -0.2) is 63.0 Å². The number of nitrogens with zero attached hydrogens (tertiary/aromatic N) is 4. The molecule has 180 valence electrons. The van der Waals surface area contributed by atoms with Crippen LogP contribution in [0.2, 0.25) is 0 Å². The number of fused-ring (bicyclic) bond motifs is 1. The Kier molecular flexibility index (Phi) is 6.15. The van der Waals surface area contributed by atoms with Crippen LogP contribution in [0.25, 0.3) is 0 Å². The van der Waals surface area contributed by atoms with Crippen molar-refractivity contribution in [2.45, 2.75) is 58.0 Å². The van der Waals surface area contributed by atoms with Crippen LogP contribution in [0.15, 0.2) is 24.3 Å². The summed E-state index contributed by atoms with van der Waals surface area (Å²) < 4.78 is 1.78. The number of likely N-dealkylation sites (tertiary alicyclic amines) is 1. The predicted octanol–water partition coefficient (Wildman–Crippen LogP) is 1.99. The molecule has 34 heavy (non-hydrogen) atoms. The van der Waals surface area contributed by atoms with Gasteiger partial charge in [0.25, 0.3) is 5.91 Å². The van der Waals surface area contributed by atoms with Crippen molar-refractivity contribution in [3.63, 3.8) is 0 Å². The molecule has 3 heterocycles. The summed E-state index contributed by atoms with van der Waals surface area (Å²) in [7, 11) is 1.86. The summed E-state index contributed by atoms with van der Waals surface area (Å²) >= 11 is 0. The van der Waals surface area contributed by atoms with E-state index in [4.69, 9.17) is 0 Å². The molecule has 1 saturated carbocycles. The molecule has 2 fully saturated rings. The van der Waals surface area contributed by atoms with E-state index < -0.39 is 0 Å². The van der Waals surface area contributed by atoms with E-state index in [2.05, 4.69) is 10.4 Å². The van der Waals surface area contributed by atoms with Crippen molar-refractivity contribution >= 4 is 17.7 Å². The zero-order valence-electron chi connectivity index (χ0n) is 20.0. The normalized spacial score (nSPS) is 20.1. The van der Waals surface area contributed by atoms with Crippen LogP contribution in [0.4, 0.5) is 0 Å². The topological polar surface area (TPSA) is 87.5 Å². The van der Waals surface area contributed by atoms with Gasteiger partial charge in [-0.05, 0) is 38.2 Å². The third-order valence-electron chi connectivity index (χ3n) is 7.24. The Hall–Kier alpha value is -3.16. The first kappa shape index (κ1) is 22.6. The zero-order chi connectivity index (χ0) is 23.8. The first-order valence-electron chi connectivity index (χ1n) is 12.4. The molecule has 2 aromatic rings. The van der Waals surface area contributed by atoms with Crippen LogP contribution < -0.4 is 5.32 Å². The van der Waals surface area contributed by atoms with Crippen molar-refractivity contribution in [1.82, 2.24) is 24.9 Å². The summed E-state index contributed by atoms with van der Waals surface area (Å²) in [6, 6.07) is 8.34. The van der Waals surface area contributed by atoms with E-state index in [0.29, 0.717) is 50.8 Å². The lowest BCUT2D eigenvalue weighted by molar-refractivity contribution is -0.131. The first-order chi connectivity index (χ1) is 16.4. The molecule has 1 N–H and O–H groups in total. The molecule has 8 nitrogen and oxygen atoms in total. The van der Waals surface area contributed by atoms with E-state index in [1.807, 2.05) is 43.1 Å². The highest BCUT2D eigenvalue weighted by molar-refractivity contribution is 5.95. The van der Waals surface area contributed by atoms with Crippen LogP contribution in [0.1, 0.15) is 58.6 Å². The average molecular weight is 464 g/mol. The summed E-state index contributed by atoms with van der Waals surface area (Å²) in [5.74, 6) is -0.164. The summed E-state index contributed by atoms with van der Waals surface area (Å²) in [4.78, 5) is 42.7. The number of rotatable bonds is 5. The van der Waals surface area contributed by atoms with E-state index in [-0.39, 0.29) is 23.6 Å². The summed E-state index contributed by atoms with van der Waals surface area (Å²) in [5, 5.41) is 7.65. The van der Waals surface area contributed by atoms with Crippen molar-refractivity contribution < 1.29 is 14.4 Å². The highest BCUT2D eigenvalue weighted by Gasteiger charge is 2.35. The van der Waals surface area contributed by atoms with E-state index in [9.17, 15) is 14.4 Å². The third kappa shape index (κ3) is 4.72. The number of hydrogen-bond donors (Lipinski definition) is 1. The summed E-state index contributed by atoms with van der Waals surface area (Å²) in [5.41, 5.74) is 4.43. The van der Waals surface area contributed by atoms with Crippen LogP contribution >= 0.6 is 0 Å². The summed E-state index contributed by atoms with van der Waals surface area (Å²) in [6.07, 6.45) is 4.76. The number of carbonyl (C=O) groups excluding carboxylic acids is 3. The van der Waals surface area contributed by atoms with Crippen molar-refractivity contribution in [3.05, 3.63) is 52.3 Å². The fourth-order valence-corrected chi connectivity index (χ4v) is 5.16. The Bertz CT molecular complexity index is 1120. The lowest BCUT2D eigenvalue weighted by Crippen LogP contribution is -2.46. The summed E-state index contributed by atoms with van der Waals surface area (Å²) in [6.45, 7) is 4.10. The third-order valence-corrected chi connectivity index (χ3v) is 7.24. The monoisotopic (exact) mass is 463 g/mol. The standard InChI is InChI=1S/C26H33N5O3/c1-17-5-3-6-18(13-17)14-23(32)30-12-10-22-21(16-30)24(28-29(22)2)26(34)31-11-4-7-19(15-31)25(33)27-20-8-9-20/h3,5-6,13,19-20H,4,7-12,14-16H2,1-2H3,(H,27,33). The molecule has 3 amide bonds. The lowest BCUT2D eigenvalue weighted by Gasteiger charge is -2.32. The molecule has 8 heteroatoms. The van der Waals surface area contributed by atoms with Gasteiger partial charge in [0.05, 0.1) is 12.3 Å². The smallest absolute Gasteiger partial charge is 0.274 e. The lowest BCUT2D eigenvalue weighted by atomic mass is 9.96. The fourth-order valence-electron chi connectivity index (χ4n) is 5.16. The molecule has 1 atom stereocenters. The molecule has 0 spiro atoms. The molecule has 1 aromatic heterocycles. The van der Waals surface area contributed by atoms with E-state index in [1.165, 1.54) is 0 Å². The molecule has 2 aliphatic heterocycles. The van der Waals surface area contributed by atoms with Crippen molar-refractivity contribution in [2.75, 3.05) is 19.6 Å². The van der Waals surface area contributed by atoms with Crippen LogP contribution in [0.3, 0.4) is 0 Å². The van der Waals surface area contributed by atoms with Gasteiger partial charge in [-0.1, -0.05) is 29.8 Å². The molecule has 0 bridgehead atoms. The SMILES string of the molecule is Cc1cccc(CC(=O)N2CCc3c(c(C(=O)N4CCCC(C(=O)NC5CC5)C4)nn3C)C2)c1. The number of nitrogens with one attached hydrogen (secondary N) is 1. The molecule has 1 saturated heterocycles. The molecular formula is C26H33N5O3. The minimum Gasteiger partial charge on any atom is -0.353 e. The second-order valence-electron chi connectivity index (χ2n) is 10.0. The Morgan fingerprint density at radius 1 is 1.12 bits per heavy atom. The Balaban J connectivity index is 1.29. The average Bonchev–Trinajstić information content (AvgIpc) is 3.59. The van der Waals surface area contributed by atoms with Gasteiger partial charge in [-0.3, -0.25) is 19.1 Å². The highest BCUT2D eigenvalue weighted by atomic mass is 16.2. The van der Waals surface area contributed by atoms with Gasteiger partial charge in [-0.15, -0.1) is 0 Å². The molecule has 0 radical (unpaired) electrons. The number of hydrogen-bond acceptors (Lipinski definition) is 4. The number of aryl methyl sites for hydroxylation is 2. The number of amides is 3. The first-order valence-corrected chi connectivity index (χ1v) is 12.4. The Morgan fingerprint density at radius 2 is 1.94 bits per heavy atom. The largest absolute Gasteiger partial charge is 0.353 e. The minimum absolute atomic E-state index is 0.0632.